The summed E-state index contributed by atoms with van der Waals surface area (Å²) in [6.07, 6.45) is 1.77. The lowest BCUT2D eigenvalue weighted by atomic mass is 10.1. The highest BCUT2D eigenvalue weighted by atomic mass is 35.5. The van der Waals surface area contributed by atoms with Gasteiger partial charge in [0.15, 0.2) is 11.5 Å². The van der Waals surface area contributed by atoms with E-state index in [9.17, 15) is 0 Å². The molecule has 0 radical (unpaired) electrons. The Morgan fingerprint density at radius 1 is 0.920 bits per heavy atom. The van der Waals surface area contributed by atoms with Crippen LogP contribution in [0.15, 0.2) is 42.6 Å². The van der Waals surface area contributed by atoms with E-state index in [0.717, 1.165) is 22.3 Å². The van der Waals surface area contributed by atoms with E-state index in [4.69, 9.17) is 25.8 Å². The second-order valence-corrected chi connectivity index (χ2v) is 5.87. The molecule has 0 aliphatic heterocycles. The third kappa shape index (κ3) is 3.15. The minimum absolute atomic E-state index is 0.563. The Bertz CT molecular complexity index is 889. The summed E-state index contributed by atoms with van der Waals surface area (Å²) in [5, 5.41) is 1.66. The molecule has 0 N–H and O–H groups in total. The zero-order valence-corrected chi connectivity index (χ0v) is 15.3. The number of aromatic nitrogens is 1. The Kier molecular flexibility index (Phi) is 4.86. The summed E-state index contributed by atoms with van der Waals surface area (Å²) in [7, 11) is 6.77. The van der Waals surface area contributed by atoms with E-state index in [0.29, 0.717) is 22.3 Å². The molecule has 3 rings (SSSR count). The Balaban J connectivity index is 2.14. The van der Waals surface area contributed by atoms with Gasteiger partial charge in [-0.3, -0.25) is 4.98 Å². The van der Waals surface area contributed by atoms with Gasteiger partial charge in [0.05, 0.1) is 32.5 Å². The van der Waals surface area contributed by atoms with Crippen LogP contribution in [0.2, 0.25) is 5.02 Å². The number of benzene rings is 2. The lowest BCUT2D eigenvalue weighted by molar-refractivity contribution is 0.324. The van der Waals surface area contributed by atoms with E-state index in [1.165, 1.54) is 0 Å². The Morgan fingerprint density at radius 3 is 2.20 bits per heavy atom. The summed E-state index contributed by atoms with van der Waals surface area (Å²) in [5.41, 5.74) is 2.73. The van der Waals surface area contributed by atoms with Gasteiger partial charge in [-0.1, -0.05) is 11.6 Å². The average Bonchev–Trinajstić information content (AvgIpc) is 2.65. The maximum Gasteiger partial charge on any atom is 0.203 e. The molecule has 0 fully saturated rings. The smallest absolute Gasteiger partial charge is 0.203 e. The first-order valence-corrected chi connectivity index (χ1v) is 8.05. The Morgan fingerprint density at radius 2 is 1.60 bits per heavy atom. The lowest BCUT2D eigenvalue weighted by Crippen LogP contribution is -2.11. The summed E-state index contributed by atoms with van der Waals surface area (Å²) in [6, 6.07) is 11.4. The molecule has 1 heterocycles. The quantitative estimate of drug-likeness (QED) is 0.662. The number of fused-ring (bicyclic) bond motifs is 1. The van der Waals surface area contributed by atoms with Crippen molar-refractivity contribution < 1.29 is 14.2 Å². The minimum Gasteiger partial charge on any atom is -0.493 e. The van der Waals surface area contributed by atoms with Crippen LogP contribution in [0.5, 0.6) is 17.2 Å². The first-order chi connectivity index (χ1) is 12.1. The molecule has 0 atom stereocenters. The number of halogens is 1. The monoisotopic (exact) mass is 358 g/mol. The Hall–Kier alpha value is -2.66. The third-order valence-corrected chi connectivity index (χ3v) is 4.31. The minimum atomic E-state index is 0.563. The van der Waals surface area contributed by atoms with Crippen LogP contribution < -0.4 is 19.1 Å². The first kappa shape index (κ1) is 17.2. The molecule has 0 saturated carbocycles. The van der Waals surface area contributed by atoms with Crippen molar-refractivity contribution in [3.8, 4) is 17.2 Å². The van der Waals surface area contributed by atoms with Crippen molar-refractivity contribution in [3.05, 3.63) is 47.6 Å². The number of hydrogen-bond donors (Lipinski definition) is 0. The third-order valence-electron chi connectivity index (χ3n) is 4.08. The second kappa shape index (κ2) is 7.07. The number of rotatable bonds is 5. The fraction of sp³-hybridized carbons (Fsp3) is 0.211. The zero-order chi connectivity index (χ0) is 18.0. The molecule has 0 aliphatic carbocycles. The summed E-state index contributed by atoms with van der Waals surface area (Å²) >= 11 is 6.08. The molecule has 6 heteroatoms. The Labute approximate surface area is 151 Å². The van der Waals surface area contributed by atoms with E-state index in [2.05, 4.69) is 4.98 Å². The second-order valence-electron chi connectivity index (χ2n) is 5.43. The van der Waals surface area contributed by atoms with Crippen molar-refractivity contribution >= 4 is 33.9 Å². The van der Waals surface area contributed by atoms with Crippen LogP contribution in [0.3, 0.4) is 0 Å². The highest BCUT2D eigenvalue weighted by Gasteiger charge is 2.17. The fourth-order valence-corrected chi connectivity index (χ4v) is 2.96. The molecule has 3 aromatic rings. The van der Waals surface area contributed by atoms with Crippen LogP contribution in [-0.4, -0.2) is 33.4 Å². The highest BCUT2D eigenvalue weighted by Crippen LogP contribution is 2.42. The molecule has 0 saturated heterocycles. The highest BCUT2D eigenvalue weighted by molar-refractivity contribution is 6.31. The first-order valence-electron chi connectivity index (χ1n) is 7.67. The number of hydrogen-bond acceptors (Lipinski definition) is 5. The van der Waals surface area contributed by atoms with Crippen molar-refractivity contribution in [1.82, 2.24) is 4.98 Å². The van der Waals surface area contributed by atoms with Crippen LogP contribution in [0.1, 0.15) is 0 Å². The maximum absolute atomic E-state index is 6.08. The predicted octanol–water partition coefficient (Wildman–Crippen LogP) is 4.68. The van der Waals surface area contributed by atoms with Gasteiger partial charge in [-0.25, -0.2) is 0 Å². The van der Waals surface area contributed by atoms with Gasteiger partial charge in [-0.15, -0.1) is 0 Å². The van der Waals surface area contributed by atoms with E-state index in [1.54, 1.807) is 27.5 Å². The van der Waals surface area contributed by atoms with Gasteiger partial charge in [0.1, 0.15) is 0 Å². The van der Waals surface area contributed by atoms with Gasteiger partial charge in [0.2, 0.25) is 5.75 Å². The molecule has 0 unspecified atom stereocenters. The molecular weight excluding hydrogens is 340 g/mol. The van der Waals surface area contributed by atoms with Gasteiger partial charge >= 0.3 is 0 Å². The van der Waals surface area contributed by atoms with Crippen LogP contribution >= 0.6 is 11.6 Å². The zero-order valence-electron chi connectivity index (χ0n) is 14.5. The molecule has 0 amide bonds. The molecule has 0 bridgehead atoms. The van der Waals surface area contributed by atoms with E-state index in [-0.39, 0.29) is 0 Å². The van der Waals surface area contributed by atoms with Gasteiger partial charge in [-0.2, -0.15) is 0 Å². The number of methoxy groups -OCH3 is 3. The largest absolute Gasteiger partial charge is 0.493 e. The normalized spacial score (nSPS) is 10.6. The lowest BCUT2D eigenvalue weighted by Gasteiger charge is -2.23. The number of ether oxygens (including phenoxy) is 3. The van der Waals surface area contributed by atoms with Gasteiger partial charge in [-0.05, 0) is 24.3 Å². The van der Waals surface area contributed by atoms with E-state index < -0.39 is 0 Å². The molecule has 0 aliphatic rings. The number of nitrogens with zero attached hydrogens (tertiary/aromatic N) is 2. The standard InChI is InChI=1S/C19H19ClN2O3/c1-22(13-10-17(23-2)19(25-4)18(11-13)24-3)16-7-8-21-15-9-12(20)5-6-14(15)16/h5-11H,1-4H3. The van der Waals surface area contributed by atoms with Crippen LogP contribution in [0, 0.1) is 0 Å². The van der Waals surface area contributed by atoms with Crippen LogP contribution in [-0.2, 0) is 0 Å². The number of pyridine rings is 1. The summed E-state index contributed by atoms with van der Waals surface area (Å²) in [5.74, 6) is 1.77. The fourth-order valence-electron chi connectivity index (χ4n) is 2.80. The van der Waals surface area contributed by atoms with Crippen LogP contribution in [0.25, 0.3) is 10.9 Å². The molecule has 130 valence electrons. The van der Waals surface area contributed by atoms with Crippen molar-refractivity contribution in [3.63, 3.8) is 0 Å². The van der Waals surface area contributed by atoms with Gasteiger partial charge in [0, 0.05) is 41.5 Å². The molecule has 0 spiro atoms. The van der Waals surface area contributed by atoms with E-state index >= 15 is 0 Å². The van der Waals surface area contributed by atoms with Crippen molar-refractivity contribution in [2.75, 3.05) is 33.3 Å². The topological polar surface area (TPSA) is 43.8 Å². The molecule has 2 aromatic carbocycles. The molecule has 5 nitrogen and oxygen atoms in total. The van der Waals surface area contributed by atoms with Crippen molar-refractivity contribution in [2.45, 2.75) is 0 Å². The van der Waals surface area contributed by atoms with Crippen molar-refractivity contribution in [2.24, 2.45) is 0 Å². The number of anilines is 2. The predicted molar refractivity (Wildman–Crippen MR) is 101 cm³/mol. The average molecular weight is 359 g/mol. The molecule has 1 aromatic heterocycles. The molecular formula is C19H19ClN2O3. The maximum atomic E-state index is 6.08. The summed E-state index contributed by atoms with van der Waals surface area (Å²) in [4.78, 5) is 6.44. The summed E-state index contributed by atoms with van der Waals surface area (Å²) < 4.78 is 16.3. The van der Waals surface area contributed by atoms with Gasteiger partial charge < -0.3 is 19.1 Å². The SMILES string of the molecule is COc1cc(N(C)c2ccnc3cc(Cl)ccc23)cc(OC)c1OC. The van der Waals surface area contributed by atoms with Crippen molar-refractivity contribution in [1.29, 1.82) is 0 Å². The van der Waals surface area contributed by atoms with Gasteiger partial charge in [0.25, 0.3) is 0 Å². The van der Waals surface area contributed by atoms with E-state index in [1.807, 2.05) is 48.3 Å². The molecule has 25 heavy (non-hydrogen) atoms. The summed E-state index contributed by atoms with van der Waals surface area (Å²) in [6.45, 7) is 0. The van der Waals surface area contributed by atoms with Crippen LogP contribution in [0.4, 0.5) is 11.4 Å².